The number of nitrogens with one attached hydrogen (secondary N) is 3. The average molecular weight is 339 g/mol. The van der Waals surface area contributed by atoms with Crippen LogP contribution in [0.15, 0.2) is 60.7 Å². The smallest absolute Gasteiger partial charge is 0.233 e. The van der Waals surface area contributed by atoms with Crippen molar-refractivity contribution in [2.24, 2.45) is 0 Å². The largest absolute Gasteiger partial charge is 0.355 e. The van der Waals surface area contributed by atoms with Crippen LogP contribution in [0.5, 0.6) is 0 Å². The summed E-state index contributed by atoms with van der Waals surface area (Å²) in [4.78, 5) is 23.4. The lowest BCUT2D eigenvalue weighted by Gasteiger charge is -2.08. The monoisotopic (exact) mass is 339 g/mol. The van der Waals surface area contributed by atoms with Gasteiger partial charge < -0.3 is 10.6 Å². The van der Waals surface area contributed by atoms with E-state index in [2.05, 4.69) is 16.0 Å². The second kappa shape index (κ2) is 11.0. The molecule has 0 fully saturated rings. The highest BCUT2D eigenvalue weighted by molar-refractivity contribution is 5.81. The van der Waals surface area contributed by atoms with E-state index >= 15 is 0 Å². The van der Waals surface area contributed by atoms with Gasteiger partial charge in [0.1, 0.15) is 0 Å². The van der Waals surface area contributed by atoms with Crippen molar-refractivity contribution in [2.75, 3.05) is 26.2 Å². The van der Waals surface area contributed by atoms with Gasteiger partial charge >= 0.3 is 0 Å². The molecular weight excluding hydrogens is 314 g/mol. The molecule has 3 N–H and O–H groups in total. The van der Waals surface area contributed by atoms with Crippen molar-refractivity contribution in [3.63, 3.8) is 0 Å². The molecule has 0 saturated carbocycles. The highest BCUT2D eigenvalue weighted by Gasteiger charge is 2.04. The van der Waals surface area contributed by atoms with Crippen molar-refractivity contribution in [1.29, 1.82) is 0 Å². The third kappa shape index (κ3) is 8.13. The summed E-state index contributed by atoms with van der Waals surface area (Å²) >= 11 is 0. The Morgan fingerprint density at radius 1 is 0.640 bits per heavy atom. The molecule has 0 spiro atoms. The van der Waals surface area contributed by atoms with Crippen LogP contribution >= 0.6 is 0 Å². The van der Waals surface area contributed by atoms with Crippen LogP contribution in [-0.4, -0.2) is 38.0 Å². The molecule has 5 heteroatoms. The molecule has 0 heterocycles. The molecular formula is C20H25N3O2. The van der Waals surface area contributed by atoms with Crippen LogP contribution in [0, 0.1) is 0 Å². The summed E-state index contributed by atoms with van der Waals surface area (Å²) in [6, 6.07) is 20.0. The molecule has 5 nitrogen and oxygen atoms in total. The number of amides is 2. The van der Waals surface area contributed by atoms with E-state index in [-0.39, 0.29) is 24.9 Å². The van der Waals surface area contributed by atoms with Gasteiger partial charge in [0, 0.05) is 13.1 Å². The van der Waals surface area contributed by atoms with Crippen molar-refractivity contribution in [1.82, 2.24) is 16.0 Å². The fourth-order valence-electron chi connectivity index (χ4n) is 2.40. The Labute approximate surface area is 148 Å². The van der Waals surface area contributed by atoms with Crippen molar-refractivity contribution >= 4 is 11.8 Å². The number of rotatable bonds is 10. The van der Waals surface area contributed by atoms with Crippen LogP contribution in [-0.2, 0) is 22.4 Å². The lowest BCUT2D eigenvalue weighted by Crippen LogP contribution is -2.40. The number of carbonyl (C=O) groups excluding carboxylic acids is 2. The van der Waals surface area contributed by atoms with E-state index in [9.17, 15) is 9.59 Å². The SMILES string of the molecule is O=C(CNCC(=O)NCCc1ccccc1)NCCc1ccccc1. The molecule has 2 rings (SSSR count). The molecule has 132 valence electrons. The van der Waals surface area contributed by atoms with Crippen LogP contribution in [0.2, 0.25) is 0 Å². The van der Waals surface area contributed by atoms with Gasteiger partial charge in [-0.15, -0.1) is 0 Å². The van der Waals surface area contributed by atoms with E-state index in [1.165, 1.54) is 11.1 Å². The summed E-state index contributed by atoms with van der Waals surface area (Å²) in [6.07, 6.45) is 1.60. The van der Waals surface area contributed by atoms with Gasteiger partial charge in [-0.2, -0.15) is 0 Å². The average Bonchev–Trinajstić information content (AvgIpc) is 2.63. The zero-order chi connectivity index (χ0) is 17.7. The fraction of sp³-hybridized carbons (Fsp3) is 0.300. The Morgan fingerprint density at radius 2 is 1.04 bits per heavy atom. The molecule has 0 unspecified atom stereocenters. The lowest BCUT2D eigenvalue weighted by atomic mass is 10.1. The van der Waals surface area contributed by atoms with Gasteiger partial charge in [-0.05, 0) is 24.0 Å². The molecule has 0 atom stereocenters. The molecule has 2 aromatic rings. The van der Waals surface area contributed by atoms with Crippen molar-refractivity contribution in [3.05, 3.63) is 71.8 Å². The molecule has 0 aliphatic heterocycles. The normalized spacial score (nSPS) is 10.2. The summed E-state index contributed by atoms with van der Waals surface area (Å²) in [7, 11) is 0. The van der Waals surface area contributed by atoms with Crippen molar-refractivity contribution in [3.8, 4) is 0 Å². The molecule has 0 aliphatic carbocycles. The van der Waals surface area contributed by atoms with Crippen LogP contribution in [0.4, 0.5) is 0 Å². The van der Waals surface area contributed by atoms with Gasteiger partial charge in [-0.3, -0.25) is 14.9 Å². The number of benzene rings is 2. The Hall–Kier alpha value is -2.66. The zero-order valence-corrected chi connectivity index (χ0v) is 14.3. The van der Waals surface area contributed by atoms with Gasteiger partial charge in [-0.1, -0.05) is 60.7 Å². The molecule has 0 aliphatic rings. The van der Waals surface area contributed by atoms with Gasteiger partial charge in [0.05, 0.1) is 13.1 Å². The minimum absolute atomic E-state index is 0.104. The molecule has 0 saturated heterocycles. The predicted octanol–water partition coefficient (Wildman–Crippen LogP) is 1.29. The van der Waals surface area contributed by atoms with E-state index in [1.54, 1.807) is 0 Å². The second-order valence-electron chi connectivity index (χ2n) is 5.77. The van der Waals surface area contributed by atoms with Crippen LogP contribution in [0.1, 0.15) is 11.1 Å². The van der Waals surface area contributed by atoms with Crippen LogP contribution in [0.3, 0.4) is 0 Å². The Balaban J connectivity index is 1.49. The summed E-state index contributed by atoms with van der Waals surface area (Å²) in [5.41, 5.74) is 2.38. The summed E-state index contributed by atoms with van der Waals surface area (Å²) in [6.45, 7) is 1.46. The third-order valence-electron chi connectivity index (χ3n) is 3.73. The van der Waals surface area contributed by atoms with E-state index < -0.39 is 0 Å². The van der Waals surface area contributed by atoms with Crippen LogP contribution in [0.25, 0.3) is 0 Å². The molecule has 2 amide bonds. The van der Waals surface area contributed by atoms with E-state index in [4.69, 9.17) is 0 Å². The first-order valence-corrected chi connectivity index (χ1v) is 8.56. The zero-order valence-electron chi connectivity index (χ0n) is 14.3. The minimum atomic E-state index is -0.104. The van der Waals surface area contributed by atoms with Gasteiger partial charge in [-0.25, -0.2) is 0 Å². The van der Waals surface area contributed by atoms with E-state index in [0.717, 1.165) is 12.8 Å². The Bertz CT molecular complexity index is 587. The Morgan fingerprint density at radius 3 is 1.44 bits per heavy atom. The summed E-state index contributed by atoms with van der Waals surface area (Å²) < 4.78 is 0. The number of hydrogen-bond donors (Lipinski definition) is 3. The minimum Gasteiger partial charge on any atom is -0.355 e. The van der Waals surface area contributed by atoms with Gasteiger partial charge in [0.15, 0.2) is 0 Å². The maximum atomic E-state index is 11.7. The van der Waals surface area contributed by atoms with E-state index in [0.29, 0.717) is 13.1 Å². The Kier molecular flexibility index (Phi) is 8.21. The maximum Gasteiger partial charge on any atom is 0.233 e. The number of hydrogen-bond acceptors (Lipinski definition) is 3. The standard InChI is InChI=1S/C20H25N3O2/c24-19(22-13-11-17-7-3-1-4-8-17)15-21-16-20(25)23-14-12-18-9-5-2-6-10-18/h1-10,21H,11-16H2,(H,22,24)(H,23,25). The van der Waals surface area contributed by atoms with E-state index in [1.807, 2.05) is 60.7 Å². The fourth-order valence-corrected chi connectivity index (χ4v) is 2.40. The second-order valence-corrected chi connectivity index (χ2v) is 5.77. The quantitative estimate of drug-likeness (QED) is 0.611. The molecule has 2 aromatic carbocycles. The molecule has 0 aromatic heterocycles. The lowest BCUT2D eigenvalue weighted by molar-refractivity contribution is -0.121. The highest BCUT2D eigenvalue weighted by Crippen LogP contribution is 1.98. The first kappa shape index (κ1) is 18.7. The number of carbonyl (C=O) groups is 2. The van der Waals surface area contributed by atoms with Crippen molar-refractivity contribution in [2.45, 2.75) is 12.8 Å². The highest BCUT2D eigenvalue weighted by atomic mass is 16.2. The third-order valence-corrected chi connectivity index (χ3v) is 3.73. The van der Waals surface area contributed by atoms with Crippen molar-refractivity contribution < 1.29 is 9.59 Å². The molecule has 0 bridgehead atoms. The van der Waals surface area contributed by atoms with Gasteiger partial charge in [0.2, 0.25) is 11.8 Å². The van der Waals surface area contributed by atoms with Crippen LogP contribution < -0.4 is 16.0 Å². The molecule has 25 heavy (non-hydrogen) atoms. The van der Waals surface area contributed by atoms with Gasteiger partial charge in [0.25, 0.3) is 0 Å². The predicted molar refractivity (Wildman–Crippen MR) is 99.2 cm³/mol. The molecule has 0 radical (unpaired) electrons. The first-order chi connectivity index (χ1) is 12.2. The summed E-state index contributed by atoms with van der Waals surface area (Å²) in [5.74, 6) is -0.207. The topological polar surface area (TPSA) is 70.2 Å². The maximum absolute atomic E-state index is 11.7. The summed E-state index contributed by atoms with van der Waals surface area (Å²) in [5, 5.41) is 8.53. The first-order valence-electron chi connectivity index (χ1n) is 8.56.